The standard InChI is InChI=1S/C25H42BN2O16P3S2/c1-25(2,15-28-23(29)5-3-4-12-27-24(30)18-8-10-19(11-9-18)26(31)32)49-48-16-40-21-13-20(17-6-7-17)42-22(21)14-41-46(36,37)44-47(38,39)43-45(33,34)35/h8-11,17,20-22,31-32H,3-7,12-16H2,1-2H3,(H,27,30)(H,28,29)(H,36,37)(H,38,39)(H2,33,34,35)/t20-,21-,22?/m1/s1. The molecule has 24 heteroatoms. The van der Waals surface area contributed by atoms with Gasteiger partial charge >= 0.3 is 30.6 Å². The summed E-state index contributed by atoms with van der Waals surface area (Å²) in [5.41, 5.74) is 0.666. The van der Waals surface area contributed by atoms with Crippen LogP contribution in [0.1, 0.15) is 62.7 Å². The first-order valence-corrected chi connectivity index (χ1v) is 22.0. The Labute approximate surface area is 291 Å². The van der Waals surface area contributed by atoms with Crippen LogP contribution in [0.25, 0.3) is 0 Å². The van der Waals surface area contributed by atoms with Crippen molar-refractivity contribution in [3.8, 4) is 0 Å². The number of hydrogen-bond acceptors (Lipinski definition) is 14. The first-order valence-electron chi connectivity index (χ1n) is 15.1. The average Bonchev–Trinajstić information content (AvgIpc) is 3.75. The van der Waals surface area contributed by atoms with Gasteiger partial charge in [-0.05, 0) is 63.0 Å². The summed E-state index contributed by atoms with van der Waals surface area (Å²) in [7, 11) is -15.2. The van der Waals surface area contributed by atoms with Gasteiger partial charge in [-0.15, -0.1) is 0 Å². The fraction of sp³-hybridized carbons (Fsp3) is 0.680. The van der Waals surface area contributed by atoms with Crippen molar-refractivity contribution in [3.63, 3.8) is 0 Å². The van der Waals surface area contributed by atoms with Crippen molar-refractivity contribution in [3.05, 3.63) is 29.8 Å². The van der Waals surface area contributed by atoms with Crippen LogP contribution in [0.4, 0.5) is 0 Å². The van der Waals surface area contributed by atoms with Gasteiger partial charge in [-0.1, -0.05) is 33.7 Å². The second-order valence-corrected chi connectivity index (χ2v) is 19.3. The Hall–Kier alpha value is -0.825. The normalized spacial score (nSPS) is 22.2. The summed E-state index contributed by atoms with van der Waals surface area (Å²) in [6.45, 7) is 4.06. The molecule has 2 amide bonds. The summed E-state index contributed by atoms with van der Waals surface area (Å²) in [4.78, 5) is 61.1. The molecule has 2 aliphatic rings. The van der Waals surface area contributed by atoms with Crippen LogP contribution in [0, 0.1) is 5.92 Å². The zero-order chi connectivity index (χ0) is 36.5. The van der Waals surface area contributed by atoms with E-state index >= 15 is 0 Å². The number of phosphoric ester groups is 1. The van der Waals surface area contributed by atoms with Crippen molar-refractivity contribution in [2.24, 2.45) is 5.92 Å². The fourth-order valence-corrected chi connectivity index (χ4v) is 9.77. The van der Waals surface area contributed by atoms with Gasteiger partial charge < -0.3 is 49.7 Å². The number of unbranched alkanes of at least 4 members (excludes halogenated alkanes) is 1. The van der Waals surface area contributed by atoms with Crippen molar-refractivity contribution in [1.82, 2.24) is 10.6 Å². The van der Waals surface area contributed by atoms with Gasteiger partial charge in [-0.2, -0.15) is 8.62 Å². The number of carbonyl (C=O) groups is 2. The molecule has 18 nitrogen and oxygen atoms in total. The summed E-state index contributed by atoms with van der Waals surface area (Å²) in [6.07, 6.45) is 2.24. The molecule has 0 radical (unpaired) electrons. The van der Waals surface area contributed by atoms with Crippen LogP contribution in [-0.4, -0.2) is 97.2 Å². The molecule has 1 aromatic rings. The molecule has 8 N–H and O–H groups in total. The van der Waals surface area contributed by atoms with E-state index < -0.39 is 49.4 Å². The van der Waals surface area contributed by atoms with E-state index in [0.717, 1.165) is 12.8 Å². The van der Waals surface area contributed by atoms with Crippen molar-refractivity contribution in [2.45, 2.75) is 75.4 Å². The Kier molecular flexibility index (Phi) is 16.3. The molecule has 5 atom stereocenters. The number of rotatable bonds is 22. The van der Waals surface area contributed by atoms with Gasteiger partial charge in [0.25, 0.3) is 5.91 Å². The minimum absolute atomic E-state index is 0.132. The maximum absolute atomic E-state index is 12.4. The van der Waals surface area contributed by atoms with Crippen LogP contribution in [0.2, 0.25) is 0 Å². The van der Waals surface area contributed by atoms with E-state index in [9.17, 15) is 33.1 Å². The van der Waals surface area contributed by atoms with Crippen molar-refractivity contribution in [2.75, 3.05) is 25.6 Å². The summed E-state index contributed by atoms with van der Waals surface area (Å²) in [5, 5.41) is 23.9. The van der Waals surface area contributed by atoms with Crippen molar-refractivity contribution < 1.29 is 75.5 Å². The quantitative estimate of drug-likeness (QED) is 0.0273. The number of nitrogens with one attached hydrogen (secondary N) is 2. The van der Waals surface area contributed by atoms with Crippen LogP contribution in [0.3, 0.4) is 0 Å². The molecule has 49 heavy (non-hydrogen) atoms. The third kappa shape index (κ3) is 16.6. The van der Waals surface area contributed by atoms with Gasteiger partial charge in [0.2, 0.25) is 5.91 Å². The van der Waals surface area contributed by atoms with Gasteiger partial charge in [-0.3, -0.25) is 14.1 Å². The summed E-state index contributed by atoms with van der Waals surface area (Å²) in [6, 6.07) is 5.90. The largest absolute Gasteiger partial charge is 0.490 e. The monoisotopic (exact) mass is 794 g/mol. The van der Waals surface area contributed by atoms with Crippen molar-refractivity contribution in [1.29, 1.82) is 0 Å². The summed E-state index contributed by atoms with van der Waals surface area (Å²) in [5.74, 6) is 0.0647. The predicted molar refractivity (Wildman–Crippen MR) is 180 cm³/mol. The van der Waals surface area contributed by atoms with Crippen LogP contribution in [0.15, 0.2) is 24.3 Å². The lowest BCUT2D eigenvalue weighted by atomic mass is 9.80. The summed E-state index contributed by atoms with van der Waals surface area (Å²) >= 11 is 0. The lowest BCUT2D eigenvalue weighted by Gasteiger charge is -2.24. The Bertz CT molecular complexity index is 1400. The van der Waals surface area contributed by atoms with Crippen LogP contribution in [-0.2, 0) is 41.1 Å². The molecule has 3 rings (SSSR count). The highest BCUT2D eigenvalue weighted by molar-refractivity contribution is 8.77. The highest BCUT2D eigenvalue weighted by atomic mass is 33.1. The first kappa shape index (κ1) is 42.6. The molecule has 1 aromatic carbocycles. The molecule has 0 spiro atoms. The third-order valence-electron chi connectivity index (χ3n) is 7.11. The molecule has 1 aliphatic carbocycles. The van der Waals surface area contributed by atoms with Gasteiger partial charge in [0.15, 0.2) is 0 Å². The zero-order valence-corrected chi connectivity index (χ0v) is 31.0. The second kappa shape index (κ2) is 18.8. The number of ether oxygens (including phenoxy) is 2. The van der Waals surface area contributed by atoms with Crippen molar-refractivity contribution >= 4 is 69.5 Å². The SMILES string of the molecule is CC(C)(CNC(=O)CCCCNC(=O)c1ccc(B(O)O)cc1)SSCO[C@@H]1C[C@H](C2CC2)OC1COP(=O)(O)OP(=O)(O)OP(=O)(O)O. The van der Waals surface area contributed by atoms with Gasteiger partial charge in [0, 0.05) is 36.2 Å². The smallest absolute Gasteiger partial charge is 0.423 e. The minimum atomic E-state index is -5.64. The maximum atomic E-state index is 12.4. The Morgan fingerprint density at radius 3 is 2.29 bits per heavy atom. The highest BCUT2D eigenvalue weighted by Gasteiger charge is 2.46. The topological polar surface area (TPSA) is 277 Å². The van der Waals surface area contributed by atoms with E-state index in [1.54, 1.807) is 0 Å². The first-order chi connectivity index (χ1) is 22.7. The van der Waals surface area contributed by atoms with Crippen LogP contribution >= 0.6 is 45.1 Å². The number of benzene rings is 1. The third-order valence-corrected chi connectivity index (χ3v) is 13.9. The Balaban J connectivity index is 1.32. The van der Waals surface area contributed by atoms with Gasteiger partial charge in [-0.25, -0.2) is 13.7 Å². The van der Waals surface area contributed by atoms with E-state index in [2.05, 4.69) is 19.3 Å². The lowest BCUT2D eigenvalue weighted by Crippen LogP contribution is -2.36. The molecule has 1 aliphatic heterocycles. The predicted octanol–water partition coefficient (Wildman–Crippen LogP) is 1.80. The lowest BCUT2D eigenvalue weighted by molar-refractivity contribution is -0.121. The Morgan fingerprint density at radius 2 is 1.67 bits per heavy atom. The number of carbonyl (C=O) groups excluding carboxylic acids is 2. The van der Waals surface area contributed by atoms with Crippen LogP contribution in [0.5, 0.6) is 0 Å². The molecule has 3 unspecified atom stereocenters. The van der Waals surface area contributed by atoms with E-state index in [1.807, 2.05) is 13.8 Å². The van der Waals surface area contributed by atoms with E-state index in [-0.39, 0.29) is 40.5 Å². The molecule has 1 heterocycles. The van der Waals surface area contributed by atoms with E-state index in [0.29, 0.717) is 43.8 Å². The van der Waals surface area contributed by atoms with Gasteiger partial charge in [0.1, 0.15) is 12.0 Å². The average molecular weight is 794 g/mol. The molecular weight excluding hydrogens is 752 g/mol. The van der Waals surface area contributed by atoms with E-state index in [1.165, 1.54) is 45.9 Å². The molecule has 2 fully saturated rings. The molecule has 1 saturated carbocycles. The minimum Gasteiger partial charge on any atom is -0.423 e. The highest BCUT2D eigenvalue weighted by Crippen LogP contribution is 2.66. The molecule has 0 bridgehead atoms. The molecular formula is C25H42BN2O16P3S2. The number of hydrogen-bond donors (Lipinski definition) is 8. The number of phosphoric acid groups is 3. The second-order valence-electron chi connectivity index (χ2n) is 11.9. The molecule has 1 saturated heterocycles. The molecule has 278 valence electrons. The zero-order valence-electron chi connectivity index (χ0n) is 26.7. The van der Waals surface area contributed by atoms with E-state index in [4.69, 9.17) is 33.8 Å². The Morgan fingerprint density at radius 1 is 1.00 bits per heavy atom. The van der Waals surface area contributed by atoms with Crippen LogP contribution < -0.4 is 16.1 Å². The molecule has 0 aromatic heterocycles. The number of amides is 2. The summed E-state index contributed by atoms with van der Waals surface area (Å²) < 4.78 is 58.4. The maximum Gasteiger partial charge on any atom is 0.490 e. The van der Waals surface area contributed by atoms with Gasteiger partial charge in [0.05, 0.1) is 18.8 Å². The fourth-order valence-electron chi connectivity index (χ4n) is 4.56.